The van der Waals surface area contributed by atoms with E-state index in [4.69, 9.17) is 4.52 Å². The molecule has 0 amide bonds. The summed E-state index contributed by atoms with van der Waals surface area (Å²) in [6.45, 7) is 1.89. The standard InChI is InChI=1S/C12H9N5O2/c1-7-3-14-10(15-4-7)11-16-12(19-17-11)8-2-9(18)6-13-5-8/h2-6,18H,1H3. The topological polar surface area (TPSA) is 97.8 Å². The van der Waals surface area contributed by atoms with Crippen molar-refractivity contribution in [3.8, 4) is 28.9 Å². The van der Waals surface area contributed by atoms with Crippen LogP contribution < -0.4 is 0 Å². The normalized spacial score (nSPS) is 10.6. The summed E-state index contributed by atoms with van der Waals surface area (Å²) in [6, 6.07) is 1.49. The second kappa shape index (κ2) is 4.45. The van der Waals surface area contributed by atoms with Crippen molar-refractivity contribution in [1.82, 2.24) is 25.1 Å². The molecule has 0 aromatic carbocycles. The molecular weight excluding hydrogens is 246 g/mol. The quantitative estimate of drug-likeness (QED) is 0.742. The third kappa shape index (κ3) is 2.25. The van der Waals surface area contributed by atoms with Crippen molar-refractivity contribution >= 4 is 0 Å². The predicted molar refractivity (Wildman–Crippen MR) is 65.0 cm³/mol. The molecule has 0 saturated heterocycles. The van der Waals surface area contributed by atoms with Crippen molar-refractivity contribution in [2.75, 3.05) is 0 Å². The minimum absolute atomic E-state index is 0.0313. The molecule has 0 unspecified atom stereocenters. The van der Waals surface area contributed by atoms with Crippen molar-refractivity contribution in [2.45, 2.75) is 6.92 Å². The van der Waals surface area contributed by atoms with Crippen LogP contribution in [0, 0.1) is 6.92 Å². The molecule has 0 aliphatic rings. The molecular formula is C12H9N5O2. The van der Waals surface area contributed by atoms with E-state index in [1.807, 2.05) is 6.92 Å². The van der Waals surface area contributed by atoms with Gasteiger partial charge in [0, 0.05) is 18.6 Å². The summed E-state index contributed by atoms with van der Waals surface area (Å²) >= 11 is 0. The van der Waals surface area contributed by atoms with E-state index in [2.05, 4.69) is 25.1 Å². The fourth-order valence-electron chi connectivity index (χ4n) is 1.48. The van der Waals surface area contributed by atoms with Crippen molar-refractivity contribution < 1.29 is 9.63 Å². The molecule has 0 bridgehead atoms. The summed E-state index contributed by atoms with van der Waals surface area (Å²) < 4.78 is 5.10. The lowest BCUT2D eigenvalue weighted by atomic mass is 10.3. The first-order chi connectivity index (χ1) is 9.22. The third-order valence-electron chi connectivity index (χ3n) is 2.38. The van der Waals surface area contributed by atoms with Crippen LogP contribution in [-0.4, -0.2) is 30.2 Å². The van der Waals surface area contributed by atoms with Crippen LogP contribution >= 0.6 is 0 Å². The molecule has 94 valence electrons. The second-order valence-electron chi connectivity index (χ2n) is 3.94. The van der Waals surface area contributed by atoms with Crippen LogP contribution in [-0.2, 0) is 0 Å². The number of aromatic nitrogens is 5. The van der Waals surface area contributed by atoms with Gasteiger partial charge in [-0.15, -0.1) is 0 Å². The molecule has 0 aliphatic heterocycles. The molecule has 3 rings (SSSR count). The van der Waals surface area contributed by atoms with Gasteiger partial charge in [0.25, 0.3) is 5.89 Å². The largest absolute Gasteiger partial charge is 0.506 e. The zero-order chi connectivity index (χ0) is 13.2. The average Bonchev–Trinajstić information content (AvgIpc) is 2.89. The van der Waals surface area contributed by atoms with E-state index < -0.39 is 0 Å². The molecule has 3 heterocycles. The maximum absolute atomic E-state index is 9.35. The van der Waals surface area contributed by atoms with Gasteiger partial charge >= 0.3 is 0 Å². The van der Waals surface area contributed by atoms with Gasteiger partial charge < -0.3 is 9.63 Å². The molecule has 7 heteroatoms. The van der Waals surface area contributed by atoms with Gasteiger partial charge in [0.15, 0.2) is 0 Å². The van der Waals surface area contributed by atoms with Crippen molar-refractivity contribution in [3.05, 3.63) is 36.4 Å². The Balaban J connectivity index is 1.97. The van der Waals surface area contributed by atoms with E-state index >= 15 is 0 Å². The first-order valence-corrected chi connectivity index (χ1v) is 5.49. The van der Waals surface area contributed by atoms with Crippen LogP contribution in [0.4, 0.5) is 0 Å². The highest BCUT2D eigenvalue weighted by Gasteiger charge is 2.13. The average molecular weight is 255 g/mol. The van der Waals surface area contributed by atoms with Gasteiger partial charge in [0.05, 0.1) is 11.8 Å². The Morgan fingerprint density at radius 3 is 2.58 bits per heavy atom. The number of hydrogen-bond acceptors (Lipinski definition) is 7. The zero-order valence-electron chi connectivity index (χ0n) is 9.98. The highest BCUT2D eigenvalue weighted by Crippen LogP contribution is 2.22. The van der Waals surface area contributed by atoms with Gasteiger partial charge in [0.1, 0.15) is 5.75 Å². The number of aryl methyl sites for hydroxylation is 1. The maximum atomic E-state index is 9.35. The Labute approximate surface area is 108 Å². The molecule has 7 nitrogen and oxygen atoms in total. The highest BCUT2D eigenvalue weighted by molar-refractivity contribution is 5.56. The lowest BCUT2D eigenvalue weighted by Gasteiger charge is -1.94. The van der Waals surface area contributed by atoms with Gasteiger partial charge in [-0.1, -0.05) is 5.16 Å². The van der Waals surface area contributed by atoms with Crippen LogP contribution in [0.3, 0.4) is 0 Å². The van der Waals surface area contributed by atoms with E-state index in [0.29, 0.717) is 17.2 Å². The van der Waals surface area contributed by atoms with E-state index in [1.54, 1.807) is 12.4 Å². The molecule has 0 radical (unpaired) electrons. The Morgan fingerprint density at radius 1 is 1.05 bits per heavy atom. The molecule has 0 atom stereocenters. The van der Waals surface area contributed by atoms with Crippen LogP contribution in [0.1, 0.15) is 5.56 Å². The highest BCUT2D eigenvalue weighted by atomic mass is 16.5. The summed E-state index contributed by atoms with van der Waals surface area (Å²) in [4.78, 5) is 16.2. The fraction of sp³-hybridized carbons (Fsp3) is 0.0833. The fourth-order valence-corrected chi connectivity index (χ4v) is 1.48. The molecule has 3 aromatic heterocycles. The maximum Gasteiger partial charge on any atom is 0.260 e. The Bertz CT molecular complexity index is 708. The minimum Gasteiger partial charge on any atom is -0.506 e. The number of nitrogens with zero attached hydrogens (tertiary/aromatic N) is 5. The van der Waals surface area contributed by atoms with Crippen LogP contribution in [0.5, 0.6) is 5.75 Å². The number of aromatic hydroxyl groups is 1. The number of pyridine rings is 1. The smallest absolute Gasteiger partial charge is 0.260 e. The van der Waals surface area contributed by atoms with Crippen molar-refractivity contribution in [3.63, 3.8) is 0 Å². The van der Waals surface area contributed by atoms with Crippen LogP contribution in [0.15, 0.2) is 35.4 Å². The van der Waals surface area contributed by atoms with E-state index in [0.717, 1.165) is 5.56 Å². The van der Waals surface area contributed by atoms with E-state index in [-0.39, 0.29) is 11.6 Å². The zero-order valence-corrected chi connectivity index (χ0v) is 9.98. The first kappa shape index (κ1) is 11.3. The van der Waals surface area contributed by atoms with Gasteiger partial charge in [-0.3, -0.25) is 4.98 Å². The summed E-state index contributed by atoms with van der Waals surface area (Å²) in [7, 11) is 0. The molecule has 0 fully saturated rings. The van der Waals surface area contributed by atoms with Crippen LogP contribution in [0.2, 0.25) is 0 Å². The van der Waals surface area contributed by atoms with Gasteiger partial charge in [-0.2, -0.15) is 4.98 Å². The molecule has 0 spiro atoms. The molecule has 3 aromatic rings. The SMILES string of the molecule is Cc1cnc(-c2noc(-c3cncc(O)c3)n2)nc1. The number of hydrogen-bond donors (Lipinski definition) is 1. The van der Waals surface area contributed by atoms with Crippen molar-refractivity contribution in [1.29, 1.82) is 0 Å². The van der Waals surface area contributed by atoms with Gasteiger partial charge in [0.2, 0.25) is 11.6 Å². The third-order valence-corrected chi connectivity index (χ3v) is 2.38. The molecule has 19 heavy (non-hydrogen) atoms. The summed E-state index contributed by atoms with van der Waals surface area (Å²) in [5.74, 6) is 0.957. The second-order valence-corrected chi connectivity index (χ2v) is 3.94. The Kier molecular flexibility index (Phi) is 2.64. The number of rotatable bonds is 2. The van der Waals surface area contributed by atoms with E-state index in [9.17, 15) is 5.11 Å². The van der Waals surface area contributed by atoms with Crippen LogP contribution in [0.25, 0.3) is 23.1 Å². The van der Waals surface area contributed by atoms with Crippen molar-refractivity contribution in [2.24, 2.45) is 0 Å². The summed E-state index contributed by atoms with van der Waals surface area (Å²) in [5.41, 5.74) is 1.48. The van der Waals surface area contributed by atoms with E-state index in [1.165, 1.54) is 18.5 Å². The molecule has 0 aliphatic carbocycles. The Hall–Kier alpha value is -2.83. The first-order valence-electron chi connectivity index (χ1n) is 5.49. The predicted octanol–water partition coefficient (Wildman–Crippen LogP) is 1.60. The lowest BCUT2D eigenvalue weighted by Crippen LogP contribution is -1.90. The monoisotopic (exact) mass is 255 g/mol. The minimum atomic E-state index is 0.0313. The molecule has 1 N–H and O–H groups in total. The Morgan fingerprint density at radius 2 is 1.84 bits per heavy atom. The van der Waals surface area contributed by atoms with Gasteiger partial charge in [-0.25, -0.2) is 9.97 Å². The molecule has 0 saturated carbocycles. The summed E-state index contributed by atoms with van der Waals surface area (Å²) in [6.07, 6.45) is 6.19. The summed E-state index contributed by atoms with van der Waals surface area (Å²) in [5, 5.41) is 13.2. The van der Waals surface area contributed by atoms with Gasteiger partial charge in [-0.05, 0) is 18.6 Å². The lowest BCUT2D eigenvalue weighted by molar-refractivity contribution is 0.430.